The number of hydrogen-bond donors (Lipinski definition) is 0. The Hall–Kier alpha value is -1.14. The predicted molar refractivity (Wildman–Crippen MR) is 75.3 cm³/mol. The van der Waals surface area contributed by atoms with E-state index in [0.717, 1.165) is 43.0 Å². The molecular weight excluding hydrogens is 296 g/mol. The minimum absolute atomic E-state index is 0.608. The normalized spacial score (nSPS) is 16.7. The van der Waals surface area contributed by atoms with E-state index in [1.165, 1.54) is 0 Å². The number of aromatic nitrogens is 2. The molecule has 1 fully saturated rings. The van der Waals surface area contributed by atoms with Crippen molar-refractivity contribution >= 4 is 21.7 Å². The van der Waals surface area contributed by atoms with Gasteiger partial charge in [0.15, 0.2) is 0 Å². The first-order chi connectivity index (χ1) is 8.69. The van der Waals surface area contributed by atoms with Crippen LogP contribution in [0.3, 0.4) is 0 Å². The molecule has 1 saturated heterocycles. The van der Waals surface area contributed by atoms with Crippen molar-refractivity contribution in [3.05, 3.63) is 23.5 Å². The summed E-state index contributed by atoms with van der Waals surface area (Å²) in [4.78, 5) is 12.9. The average molecular weight is 313 g/mol. The summed E-state index contributed by atoms with van der Waals surface area (Å²) in [6.45, 7) is 8.72. The maximum absolute atomic E-state index is 5.11. The Morgan fingerprint density at radius 2 is 2.11 bits per heavy atom. The highest BCUT2D eigenvalue weighted by molar-refractivity contribution is 9.11. The molecule has 0 unspecified atom stereocenters. The van der Waals surface area contributed by atoms with Gasteiger partial charge in [-0.15, -0.1) is 0 Å². The molecule has 18 heavy (non-hydrogen) atoms. The Labute approximate surface area is 116 Å². The second-order valence-corrected chi connectivity index (χ2v) is 5.32. The molecule has 0 saturated carbocycles. The fraction of sp³-hybridized carbons (Fsp3) is 0.500. The molecule has 0 amide bonds. The third-order valence-electron chi connectivity index (χ3n) is 2.93. The summed E-state index contributed by atoms with van der Waals surface area (Å²) in [6.07, 6.45) is 1.54. The molecule has 1 aromatic rings. The second-order valence-electron chi connectivity index (χ2n) is 4.20. The van der Waals surface area contributed by atoms with Gasteiger partial charge in [-0.2, -0.15) is 0 Å². The number of anilines is 1. The van der Waals surface area contributed by atoms with Gasteiger partial charge in [0.05, 0.1) is 7.11 Å². The van der Waals surface area contributed by atoms with E-state index >= 15 is 0 Å². The number of rotatable bonds is 4. The third-order valence-corrected chi connectivity index (χ3v) is 3.18. The molecule has 5 nitrogen and oxygen atoms in total. The van der Waals surface area contributed by atoms with Crippen molar-refractivity contribution < 1.29 is 4.74 Å². The van der Waals surface area contributed by atoms with E-state index in [1.54, 1.807) is 13.4 Å². The van der Waals surface area contributed by atoms with Crippen LogP contribution in [0.1, 0.15) is 0 Å². The summed E-state index contributed by atoms with van der Waals surface area (Å²) in [5, 5.41) is 0. The minimum Gasteiger partial charge on any atom is -0.481 e. The molecule has 0 aromatic carbocycles. The highest BCUT2D eigenvalue weighted by Gasteiger charge is 2.18. The average Bonchev–Trinajstić information content (AvgIpc) is 2.39. The van der Waals surface area contributed by atoms with Gasteiger partial charge in [0.2, 0.25) is 5.88 Å². The van der Waals surface area contributed by atoms with Crippen molar-refractivity contribution in [2.75, 3.05) is 44.7 Å². The zero-order valence-corrected chi connectivity index (χ0v) is 12.1. The van der Waals surface area contributed by atoms with Crippen LogP contribution in [-0.2, 0) is 0 Å². The molecular formula is C12H17BrN4O. The largest absolute Gasteiger partial charge is 0.481 e. The molecule has 1 aliphatic rings. The summed E-state index contributed by atoms with van der Waals surface area (Å²) >= 11 is 3.40. The van der Waals surface area contributed by atoms with Crippen molar-refractivity contribution in [3.8, 4) is 5.88 Å². The van der Waals surface area contributed by atoms with E-state index < -0.39 is 0 Å². The Morgan fingerprint density at radius 1 is 1.39 bits per heavy atom. The lowest BCUT2D eigenvalue weighted by molar-refractivity contribution is 0.282. The fourth-order valence-electron chi connectivity index (χ4n) is 1.99. The first-order valence-corrected chi connectivity index (χ1v) is 6.65. The van der Waals surface area contributed by atoms with Crippen molar-refractivity contribution in [3.63, 3.8) is 0 Å². The molecule has 0 bridgehead atoms. The van der Waals surface area contributed by atoms with Gasteiger partial charge in [-0.3, -0.25) is 4.90 Å². The summed E-state index contributed by atoms with van der Waals surface area (Å²) in [5.41, 5.74) is 0. The van der Waals surface area contributed by atoms with Gasteiger partial charge in [-0.05, 0) is 0 Å². The van der Waals surface area contributed by atoms with Crippen molar-refractivity contribution in [1.29, 1.82) is 0 Å². The molecule has 0 aliphatic carbocycles. The van der Waals surface area contributed by atoms with Gasteiger partial charge in [-0.25, -0.2) is 9.97 Å². The van der Waals surface area contributed by atoms with Crippen molar-refractivity contribution in [1.82, 2.24) is 14.9 Å². The number of nitrogens with zero attached hydrogens (tertiary/aromatic N) is 4. The quantitative estimate of drug-likeness (QED) is 0.843. The van der Waals surface area contributed by atoms with Crippen LogP contribution in [0.5, 0.6) is 5.88 Å². The van der Waals surface area contributed by atoms with Gasteiger partial charge in [0.25, 0.3) is 0 Å². The molecule has 2 rings (SSSR count). The number of piperazine rings is 1. The zero-order valence-electron chi connectivity index (χ0n) is 10.5. The Kier molecular flexibility index (Phi) is 4.54. The number of hydrogen-bond acceptors (Lipinski definition) is 5. The summed E-state index contributed by atoms with van der Waals surface area (Å²) in [5.74, 6) is 1.54. The minimum atomic E-state index is 0.608. The predicted octanol–water partition coefficient (Wildman–Crippen LogP) is 1.52. The Morgan fingerprint density at radius 3 is 2.72 bits per heavy atom. The molecule has 6 heteroatoms. The zero-order chi connectivity index (χ0) is 13.0. The fourth-order valence-corrected chi connectivity index (χ4v) is 2.35. The van der Waals surface area contributed by atoms with Crippen molar-refractivity contribution in [2.45, 2.75) is 0 Å². The molecule has 98 valence electrons. The number of methoxy groups -OCH3 is 1. The highest BCUT2D eigenvalue weighted by atomic mass is 79.9. The summed E-state index contributed by atoms with van der Waals surface area (Å²) in [7, 11) is 1.62. The first-order valence-electron chi connectivity index (χ1n) is 5.85. The van der Waals surface area contributed by atoms with Crippen LogP contribution in [0, 0.1) is 0 Å². The monoisotopic (exact) mass is 312 g/mol. The van der Waals surface area contributed by atoms with Gasteiger partial charge in [-0.1, -0.05) is 22.5 Å². The third kappa shape index (κ3) is 3.43. The summed E-state index contributed by atoms with van der Waals surface area (Å²) in [6, 6.07) is 1.87. The van der Waals surface area contributed by atoms with Crippen LogP contribution in [0.15, 0.2) is 23.5 Å². The lowest BCUT2D eigenvalue weighted by Gasteiger charge is -2.35. The Balaban J connectivity index is 1.94. The molecule has 0 spiro atoms. The first kappa shape index (κ1) is 13.3. The molecule has 1 aliphatic heterocycles. The van der Waals surface area contributed by atoms with E-state index in [-0.39, 0.29) is 0 Å². The number of ether oxygens (including phenoxy) is 1. The molecule has 2 heterocycles. The topological polar surface area (TPSA) is 41.5 Å². The lowest BCUT2D eigenvalue weighted by atomic mass is 10.3. The maximum Gasteiger partial charge on any atom is 0.218 e. The molecule has 0 N–H and O–H groups in total. The van der Waals surface area contributed by atoms with Crippen LogP contribution in [0.25, 0.3) is 0 Å². The SMILES string of the molecule is C=C(Br)CN1CCN(c2cc(OC)ncn2)CC1. The van der Waals surface area contributed by atoms with E-state index in [0.29, 0.717) is 5.88 Å². The molecule has 0 atom stereocenters. The van der Waals surface area contributed by atoms with Gasteiger partial charge >= 0.3 is 0 Å². The standard InChI is InChI=1S/C12H17BrN4O/c1-10(13)8-16-3-5-17(6-4-16)11-7-12(18-2)15-9-14-11/h7,9H,1,3-6,8H2,2H3. The van der Waals surface area contributed by atoms with Crippen LogP contribution in [0.2, 0.25) is 0 Å². The molecule has 1 aromatic heterocycles. The van der Waals surface area contributed by atoms with Crippen LogP contribution in [-0.4, -0.2) is 54.7 Å². The maximum atomic E-state index is 5.11. The van der Waals surface area contributed by atoms with E-state index in [4.69, 9.17) is 4.74 Å². The van der Waals surface area contributed by atoms with Gasteiger partial charge in [0, 0.05) is 43.3 Å². The van der Waals surface area contributed by atoms with Crippen molar-refractivity contribution in [2.24, 2.45) is 0 Å². The lowest BCUT2D eigenvalue weighted by Crippen LogP contribution is -2.46. The van der Waals surface area contributed by atoms with Crippen LogP contribution < -0.4 is 9.64 Å². The van der Waals surface area contributed by atoms with E-state index in [2.05, 4.69) is 42.3 Å². The second kappa shape index (κ2) is 6.15. The van der Waals surface area contributed by atoms with Crippen LogP contribution >= 0.6 is 15.9 Å². The van der Waals surface area contributed by atoms with Gasteiger partial charge < -0.3 is 9.64 Å². The Bertz CT molecular complexity index is 418. The van der Waals surface area contributed by atoms with Gasteiger partial charge in [0.1, 0.15) is 12.1 Å². The molecule has 0 radical (unpaired) electrons. The van der Waals surface area contributed by atoms with E-state index in [1.807, 2.05) is 6.07 Å². The number of halogens is 1. The summed E-state index contributed by atoms with van der Waals surface area (Å²) < 4.78 is 6.14. The van der Waals surface area contributed by atoms with Crippen LogP contribution in [0.4, 0.5) is 5.82 Å². The smallest absolute Gasteiger partial charge is 0.218 e. The highest BCUT2D eigenvalue weighted by Crippen LogP contribution is 2.17. The van der Waals surface area contributed by atoms with E-state index in [9.17, 15) is 0 Å².